The van der Waals surface area contributed by atoms with Crippen molar-refractivity contribution in [2.24, 2.45) is 0 Å². The van der Waals surface area contributed by atoms with E-state index in [2.05, 4.69) is 11.8 Å². The quantitative estimate of drug-likeness (QED) is 0.630. The fourth-order valence-electron chi connectivity index (χ4n) is 0.821. The summed E-state index contributed by atoms with van der Waals surface area (Å²) in [6.45, 7) is 2.94. The molecule has 0 aromatic heterocycles. The van der Waals surface area contributed by atoms with Gasteiger partial charge in [-0.05, 0) is 26.0 Å². The average Bonchev–Trinajstić information content (AvgIpc) is 2.06. The first-order chi connectivity index (χ1) is 6.40. The first-order valence-corrected chi connectivity index (χ1v) is 4.10. The van der Waals surface area contributed by atoms with Crippen molar-refractivity contribution < 1.29 is 13.9 Å². The molecule has 1 aromatic carbocycles. The van der Waals surface area contributed by atoms with Crippen molar-refractivity contribution in [1.82, 2.24) is 0 Å². The van der Waals surface area contributed by atoms with E-state index in [-0.39, 0.29) is 5.56 Å². The van der Waals surface area contributed by atoms with E-state index in [1.54, 1.807) is 0 Å². The predicted molar refractivity (Wildman–Crippen MR) is 49.5 cm³/mol. The van der Waals surface area contributed by atoms with Crippen LogP contribution >= 0.6 is 0 Å². The summed E-state index contributed by atoms with van der Waals surface area (Å²) in [4.78, 5) is 0. The van der Waals surface area contributed by atoms with Crippen molar-refractivity contribution in [3.63, 3.8) is 0 Å². The standard InChI is InChI=1S/C11H10F2O/c1-11(2,14)7-6-8-4-3-5-9(12)10(8)13/h3-5,14H,1-2H3. The highest BCUT2D eigenvalue weighted by molar-refractivity contribution is 5.37. The van der Waals surface area contributed by atoms with Crippen molar-refractivity contribution in [2.45, 2.75) is 19.4 Å². The second-order valence-electron chi connectivity index (χ2n) is 3.41. The van der Waals surface area contributed by atoms with Gasteiger partial charge in [-0.2, -0.15) is 0 Å². The van der Waals surface area contributed by atoms with Gasteiger partial charge in [0.2, 0.25) is 0 Å². The number of hydrogen-bond donors (Lipinski definition) is 1. The highest BCUT2D eigenvalue weighted by Gasteiger charge is 2.08. The zero-order chi connectivity index (χ0) is 10.8. The number of hydrogen-bond acceptors (Lipinski definition) is 1. The van der Waals surface area contributed by atoms with Gasteiger partial charge in [0, 0.05) is 0 Å². The van der Waals surface area contributed by atoms with Crippen molar-refractivity contribution in [3.8, 4) is 11.8 Å². The summed E-state index contributed by atoms with van der Waals surface area (Å²) in [5.74, 6) is 2.86. The molecule has 14 heavy (non-hydrogen) atoms. The van der Waals surface area contributed by atoms with Crippen LogP contribution in [-0.2, 0) is 0 Å². The maximum Gasteiger partial charge on any atom is 0.174 e. The van der Waals surface area contributed by atoms with Crippen LogP contribution in [0.5, 0.6) is 0 Å². The summed E-state index contributed by atoms with van der Waals surface area (Å²) < 4.78 is 25.7. The third-order valence-electron chi connectivity index (χ3n) is 1.45. The van der Waals surface area contributed by atoms with Gasteiger partial charge in [0.15, 0.2) is 11.6 Å². The molecule has 0 radical (unpaired) electrons. The molecule has 0 aliphatic heterocycles. The van der Waals surface area contributed by atoms with Gasteiger partial charge < -0.3 is 5.11 Å². The molecule has 1 rings (SSSR count). The molecular formula is C11H10F2O. The van der Waals surface area contributed by atoms with E-state index >= 15 is 0 Å². The minimum Gasteiger partial charge on any atom is -0.378 e. The van der Waals surface area contributed by atoms with Crippen LogP contribution in [-0.4, -0.2) is 10.7 Å². The Hall–Kier alpha value is -1.40. The summed E-state index contributed by atoms with van der Waals surface area (Å²) >= 11 is 0. The van der Waals surface area contributed by atoms with E-state index < -0.39 is 17.2 Å². The number of rotatable bonds is 0. The summed E-state index contributed by atoms with van der Waals surface area (Å²) in [6.07, 6.45) is 0. The highest BCUT2D eigenvalue weighted by atomic mass is 19.2. The van der Waals surface area contributed by atoms with Gasteiger partial charge >= 0.3 is 0 Å². The summed E-state index contributed by atoms with van der Waals surface area (Å²) in [5.41, 5.74) is -1.26. The maximum atomic E-state index is 13.0. The Morgan fingerprint density at radius 2 is 1.93 bits per heavy atom. The van der Waals surface area contributed by atoms with Crippen LogP contribution in [0.3, 0.4) is 0 Å². The smallest absolute Gasteiger partial charge is 0.174 e. The van der Waals surface area contributed by atoms with Crippen LogP contribution in [0.15, 0.2) is 18.2 Å². The Morgan fingerprint density at radius 1 is 1.29 bits per heavy atom. The molecule has 0 aliphatic rings. The molecule has 0 saturated heterocycles. The molecule has 3 heteroatoms. The number of aliphatic hydroxyl groups is 1. The Bertz CT molecular complexity index is 394. The summed E-state index contributed by atoms with van der Waals surface area (Å²) in [5, 5.41) is 9.25. The average molecular weight is 196 g/mol. The Balaban J connectivity index is 3.08. The fourth-order valence-corrected chi connectivity index (χ4v) is 0.821. The fraction of sp³-hybridized carbons (Fsp3) is 0.273. The predicted octanol–water partition coefficient (Wildman–Crippen LogP) is 2.09. The van der Waals surface area contributed by atoms with E-state index in [0.29, 0.717) is 0 Å². The Labute approximate surface area is 81.4 Å². The highest BCUT2D eigenvalue weighted by Crippen LogP contribution is 2.10. The van der Waals surface area contributed by atoms with Crippen LogP contribution in [0.2, 0.25) is 0 Å². The lowest BCUT2D eigenvalue weighted by Gasteiger charge is -2.06. The zero-order valence-electron chi connectivity index (χ0n) is 7.94. The molecular weight excluding hydrogens is 186 g/mol. The Morgan fingerprint density at radius 3 is 2.50 bits per heavy atom. The van der Waals surface area contributed by atoms with Crippen LogP contribution in [0.4, 0.5) is 8.78 Å². The van der Waals surface area contributed by atoms with E-state index in [4.69, 9.17) is 0 Å². The zero-order valence-corrected chi connectivity index (χ0v) is 7.94. The lowest BCUT2D eigenvalue weighted by Crippen LogP contribution is -2.14. The van der Waals surface area contributed by atoms with Gasteiger partial charge in [-0.1, -0.05) is 17.9 Å². The minimum absolute atomic E-state index is 0.0490. The molecule has 1 aromatic rings. The van der Waals surface area contributed by atoms with Crippen molar-refractivity contribution in [2.75, 3.05) is 0 Å². The minimum atomic E-state index is -1.21. The molecule has 74 valence electrons. The molecule has 0 bridgehead atoms. The van der Waals surface area contributed by atoms with Crippen molar-refractivity contribution >= 4 is 0 Å². The second-order valence-corrected chi connectivity index (χ2v) is 3.41. The van der Waals surface area contributed by atoms with Gasteiger partial charge in [0.05, 0.1) is 5.56 Å². The topological polar surface area (TPSA) is 20.2 Å². The molecule has 0 saturated carbocycles. The molecule has 0 amide bonds. The molecule has 0 fully saturated rings. The molecule has 0 heterocycles. The van der Waals surface area contributed by atoms with E-state index in [0.717, 1.165) is 6.07 Å². The molecule has 0 aliphatic carbocycles. The van der Waals surface area contributed by atoms with E-state index in [9.17, 15) is 13.9 Å². The SMILES string of the molecule is CC(C)(O)C#Cc1cccc(F)c1F. The van der Waals surface area contributed by atoms with Crippen LogP contribution in [0, 0.1) is 23.5 Å². The molecule has 0 atom stereocenters. The molecule has 1 N–H and O–H groups in total. The largest absolute Gasteiger partial charge is 0.378 e. The third kappa shape index (κ3) is 2.82. The van der Waals surface area contributed by atoms with Crippen LogP contribution in [0.1, 0.15) is 19.4 Å². The van der Waals surface area contributed by atoms with Crippen molar-refractivity contribution in [3.05, 3.63) is 35.4 Å². The molecule has 0 spiro atoms. The van der Waals surface area contributed by atoms with E-state index in [1.165, 1.54) is 26.0 Å². The van der Waals surface area contributed by atoms with Gasteiger partial charge in [0.25, 0.3) is 0 Å². The molecule has 0 unspecified atom stereocenters. The number of benzene rings is 1. The van der Waals surface area contributed by atoms with Crippen LogP contribution in [0.25, 0.3) is 0 Å². The Kier molecular flexibility index (Phi) is 2.87. The van der Waals surface area contributed by atoms with Gasteiger partial charge in [-0.15, -0.1) is 0 Å². The third-order valence-corrected chi connectivity index (χ3v) is 1.45. The maximum absolute atomic E-state index is 13.0. The number of halogens is 2. The molecule has 1 nitrogen and oxygen atoms in total. The van der Waals surface area contributed by atoms with Crippen molar-refractivity contribution in [1.29, 1.82) is 0 Å². The summed E-state index contributed by atoms with van der Waals surface area (Å²) in [6, 6.07) is 3.74. The van der Waals surface area contributed by atoms with Crippen LogP contribution < -0.4 is 0 Å². The van der Waals surface area contributed by atoms with Gasteiger partial charge in [-0.25, -0.2) is 8.78 Å². The lowest BCUT2D eigenvalue weighted by atomic mass is 10.1. The van der Waals surface area contributed by atoms with E-state index in [1.807, 2.05) is 0 Å². The summed E-state index contributed by atoms with van der Waals surface area (Å²) in [7, 11) is 0. The van der Waals surface area contributed by atoms with Gasteiger partial charge in [0.1, 0.15) is 5.60 Å². The van der Waals surface area contributed by atoms with Gasteiger partial charge in [-0.3, -0.25) is 0 Å². The normalized spacial score (nSPS) is 10.6. The first kappa shape index (κ1) is 10.7. The second kappa shape index (κ2) is 3.77. The first-order valence-electron chi connectivity index (χ1n) is 4.10. The monoisotopic (exact) mass is 196 g/mol. The lowest BCUT2D eigenvalue weighted by molar-refractivity contribution is 0.143.